The molecule has 0 heterocycles. The lowest BCUT2D eigenvalue weighted by Crippen LogP contribution is -2.41. The zero-order valence-electron chi connectivity index (χ0n) is 15.8. The predicted octanol–water partition coefficient (Wildman–Crippen LogP) is 4.07. The highest BCUT2D eigenvalue weighted by Gasteiger charge is 2.28. The van der Waals surface area contributed by atoms with Gasteiger partial charge in [-0.25, -0.2) is 8.42 Å². The van der Waals surface area contributed by atoms with E-state index in [-0.39, 0.29) is 17.3 Å². The molecular weight excluding hydrogens is 384 g/mol. The van der Waals surface area contributed by atoms with Crippen molar-refractivity contribution in [3.8, 4) is 0 Å². The standard InChI is InChI=1S/C20H25ClN2O3S/c1-4-5-12-22-20(24)14-23(19-13-17(21)9-8-16(19)3)27(25,26)18-10-6-15(2)7-11-18/h6-11,13H,4-5,12,14H2,1-3H3,(H,22,24). The van der Waals surface area contributed by atoms with Gasteiger partial charge in [0, 0.05) is 11.6 Å². The summed E-state index contributed by atoms with van der Waals surface area (Å²) in [6.07, 6.45) is 1.78. The molecule has 0 radical (unpaired) electrons. The number of sulfonamides is 1. The van der Waals surface area contributed by atoms with Gasteiger partial charge in [0.05, 0.1) is 10.6 Å². The molecule has 27 heavy (non-hydrogen) atoms. The molecule has 1 N–H and O–H groups in total. The van der Waals surface area contributed by atoms with Crippen LogP contribution in [-0.2, 0) is 14.8 Å². The molecule has 0 fully saturated rings. The number of nitrogens with one attached hydrogen (secondary N) is 1. The van der Waals surface area contributed by atoms with Gasteiger partial charge in [-0.05, 0) is 50.1 Å². The van der Waals surface area contributed by atoms with E-state index >= 15 is 0 Å². The average Bonchev–Trinajstić information content (AvgIpc) is 2.62. The predicted molar refractivity (Wildman–Crippen MR) is 110 cm³/mol. The van der Waals surface area contributed by atoms with Gasteiger partial charge in [0.2, 0.25) is 5.91 Å². The van der Waals surface area contributed by atoms with Gasteiger partial charge in [-0.3, -0.25) is 9.10 Å². The number of hydrogen-bond donors (Lipinski definition) is 1. The number of rotatable bonds is 8. The van der Waals surface area contributed by atoms with E-state index in [4.69, 9.17) is 11.6 Å². The molecule has 0 aliphatic rings. The Hall–Kier alpha value is -2.05. The van der Waals surface area contributed by atoms with Gasteiger partial charge < -0.3 is 5.32 Å². The van der Waals surface area contributed by atoms with Crippen LogP contribution in [0.1, 0.15) is 30.9 Å². The van der Waals surface area contributed by atoms with Crippen molar-refractivity contribution in [1.82, 2.24) is 5.32 Å². The van der Waals surface area contributed by atoms with Crippen LogP contribution in [0.4, 0.5) is 5.69 Å². The molecule has 0 atom stereocenters. The van der Waals surface area contributed by atoms with Crippen molar-refractivity contribution < 1.29 is 13.2 Å². The van der Waals surface area contributed by atoms with Crippen molar-refractivity contribution in [2.24, 2.45) is 0 Å². The lowest BCUT2D eigenvalue weighted by molar-refractivity contribution is -0.119. The Morgan fingerprint density at radius 2 is 1.78 bits per heavy atom. The summed E-state index contributed by atoms with van der Waals surface area (Å²) in [5.74, 6) is -0.349. The van der Waals surface area contributed by atoms with E-state index in [1.54, 1.807) is 49.4 Å². The second-order valence-corrected chi connectivity index (χ2v) is 8.76. The van der Waals surface area contributed by atoms with Crippen molar-refractivity contribution in [2.45, 2.75) is 38.5 Å². The molecular formula is C20H25ClN2O3S. The average molecular weight is 409 g/mol. The Morgan fingerprint density at radius 1 is 1.11 bits per heavy atom. The van der Waals surface area contributed by atoms with E-state index in [2.05, 4.69) is 5.32 Å². The third kappa shape index (κ3) is 5.47. The summed E-state index contributed by atoms with van der Waals surface area (Å²) in [7, 11) is -3.92. The van der Waals surface area contributed by atoms with Crippen molar-refractivity contribution in [3.05, 3.63) is 58.6 Å². The smallest absolute Gasteiger partial charge is 0.264 e. The van der Waals surface area contributed by atoms with Crippen LogP contribution in [-0.4, -0.2) is 27.4 Å². The summed E-state index contributed by atoms with van der Waals surface area (Å²) in [6, 6.07) is 11.6. The second kappa shape index (κ2) is 9.24. The van der Waals surface area contributed by atoms with Gasteiger partial charge in [0.25, 0.3) is 10.0 Å². The maximum Gasteiger partial charge on any atom is 0.264 e. The van der Waals surface area contributed by atoms with Gasteiger partial charge in [0.15, 0.2) is 0 Å². The van der Waals surface area contributed by atoms with Crippen LogP contribution in [0.5, 0.6) is 0 Å². The molecule has 0 spiro atoms. The molecule has 2 rings (SSSR count). The van der Waals surface area contributed by atoms with E-state index in [9.17, 15) is 13.2 Å². The first-order chi connectivity index (χ1) is 12.8. The Balaban J connectivity index is 2.44. The minimum Gasteiger partial charge on any atom is -0.355 e. The van der Waals surface area contributed by atoms with E-state index in [1.165, 1.54) is 0 Å². The monoisotopic (exact) mass is 408 g/mol. The fourth-order valence-electron chi connectivity index (χ4n) is 2.58. The Kier molecular flexibility index (Phi) is 7.27. The number of carbonyl (C=O) groups is 1. The van der Waals surface area contributed by atoms with Crippen LogP contribution in [0, 0.1) is 13.8 Å². The minimum atomic E-state index is -3.92. The second-order valence-electron chi connectivity index (χ2n) is 6.46. The number of amides is 1. The van der Waals surface area contributed by atoms with Crippen molar-refractivity contribution >= 4 is 33.2 Å². The molecule has 146 valence electrons. The first kappa shape index (κ1) is 21.3. The van der Waals surface area contributed by atoms with Crippen molar-refractivity contribution in [1.29, 1.82) is 0 Å². The molecule has 7 heteroatoms. The Bertz CT molecular complexity index is 896. The van der Waals surface area contributed by atoms with E-state index in [0.717, 1.165) is 28.3 Å². The molecule has 0 aliphatic carbocycles. The maximum absolute atomic E-state index is 13.3. The molecule has 0 saturated heterocycles. The molecule has 0 saturated carbocycles. The highest BCUT2D eigenvalue weighted by atomic mass is 35.5. The van der Waals surface area contributed by atoms with E-state index in [0.29, 0.717) is 17.3 Å². The van der Waals surface area contributed by atoms with Crippen LogP contribution in [0.15, 0.2) is 47.4 Å². The first-order valence-electron chi connectivity index (χ1n) is 8.88. The summed E-state index contributed by atoms with van der Waals surface area (Å²) >= 11 is 6.09. The fourth-order valence-corrected chi connectivity index (χ4v) is 4.22. The van der Waals surface area contributed by atoms with Crippen LogP contribution in [0.25, 0.3) is 0 Å². The molecule has 0 bridgehead atoms. The number of unbranched alkanes of at least 4 members (excludes halogenated alkanes) is 1. The van der Waals surface area contributed by atoms with Crippen molar-refractivity contribution in [2.75, 3.05) is 17.4 Å². The quantitative estimate of drug-likeness (QED) is 0.669. The molecule has 1 amide bonds. The largest absolute Gasteiger partial charge is 0.355 e. The number of halogens is 1. The SMILES string of the molecule is CCCCNC(=O)CN(c1cc(Cl)ccc1C)S(=O)(=O)c1ccc(C)cc1. The Labute approximate surface area is 166 Å². The Morgan fingerprint density at radius 3 is 2.41 bits per heavy atom. The molecule has 5 nitrogen and oxygen atoms in total. The summed E-state index contributed by atoms with van der Waals surface area (Å²) in [5, 5.41) is 3.18. The van der Waals surface area contributed by atoms with E-state index < -0.39 is 10.0 Å². The highest BCUT2D eigenvalue weighted by Crippen LogP contribution is 2.29. The highest BCUT2D eigenvalue weighted by molar-refractivity contribution is 7.92. The lowest BCUT2D eigenvalue weighted by Gasteiger charge is -2.26. The third-order valence-corrected chi connectivity index (χ3v) is 6.20. The summed E-state index contributed by atoms with van der Waals surface area (Å²) in [5.41, 5.74) is 2.07. The van der Waals surface area contributed by atoms with Gasteiger partial charge in [-0.15, -0.1) is 0 Å². The number of nitrogens with zero attached hydrogens (tertiary/aromatic N) is 1. The van der Waals surface area contributed by atoms with Crippen LogP contribution >= 0.6 is 11.6 Å². The van der Waals surface area contributed by atoms with Crippen LogP contribution in [0.2, 0.25) is 5.02 Å². The van der Waals surface area contributed by atoms with Crippen LogP contribution in [0.3, 0.4) is 0 Å². The number of hydrogen-bond acceptors (Lipinski definition) is 3. The molecule has 0 aliphatic heterocycles. The summed E-state index contributed by atoms with van der Waals surface area (Å²) < 4.78 is 27.7. The van der Waals surface area contributed by atoms with Crippen molar-refractivity contribution in [3.63, 3.8) is 0 Å². The molecule has 2 aromatic carbocycles. The minimum absolute atomic E-state index is 0.133. The van der Waals surface area contributed by atoms with Gasteiger partial charge in [-0.2, -0.15) is 0 Å². The van der Waals surface area contributed by atoms with Gasteiger partial charge in [-0.1, -0.05) is 48.7 Å². The first-order valence-corrected chi connectivity index (χ1v) is 10.7. The maximum atomic E-state index is 13.3. The number of carbonyl (C=O) groups excluding carboxylic acids is 1. The lowest BCUT2D eigenvalue weighted by atomic mass is 10.2. The number of benzene rings is 2. The fraction of sp³-hybridized carbons (Fsp3) is 0.350. The van der Waals surface area contributed by atoms with E-state index in [1.807, 2.05) is 13.8 Å². The normalized spacial score (nSPS) is 11.3. The molecule has 0 unspecified atom stereocenters. The third-order valence-electron chi connectivity index (χ3n) is 4.19. The van der Waals surface area contributed by atoms with Gasteiger partial charge >= 0.3 is 0 Å². The van der Waals surface area contributed by atoms with Crippen LogP contribution < -0.4 is 9.62 Å². The number of anilines is 1. The summed E-state index contributed by atoms with van der Waals surface area (Å²) in [4.78, 5) is 12.5. The number of aryl methyl sites for hydroxylation is 2. The zero-order valence-corrected chi connectivity index (χ0v) is 17.4. The summed E-state index contributed by atoms with van der Waals surface area (Å²) in [6.45, 7) is 5.91. The topological polar surface area (TPSA) is 66.5 Å². The molecule has 2 aromatic rings. The van der Waals surface area contributed by atoms with Gasteiger partial charge in [0.1, 0.15) is 6.54 Å². The zero-order chi connectivity index (χ0) is 20.0. The molecule has 0 aromatic heterocycles.